The zero-order chi connectivity index (χ0) is 21.1. The number of aromatic amines is 1. The van der Waals surface area contributed by atoms with Crippen LogP contribution in [0.2, 0.25) is 0 Å². The minimum absolute atomic E-state index is 0.0635. The maximum Gasteiger partial charge on any atom is 0.266 e. The second-order valence-corrected chi connectivity index (χ2v) is 8.56. The number of nitrogens with zero attached hydrogens (tertiary/aromatic N) is 2. The lowest BCUT2D eigenvalue weighted by Crippen LogP contribution is -2.37. The number of aromatic nitrogens is 2. The third-order valence-corrected chi connectivity index (χ3v) is 4.24. The molecule has 2 aromatic rings. The molecule has 0 aliphatic heterocycles. The van der Waals surface area contributed by atoms with Crippen LogP contribution in [0.1, 0.15) is 51.8 Å². The van der Waals surface area contributed by atoms with E-state index in [0.29, 0.717) is 5.96 Å². The minimum Gasteiger partial charge on any atom is -0.389 e. The van der Waals surface area contributed by atoms with Crippen LogP contribution in [-0.2, 0) is 5.41 Å². The lowest BCUT2D eigenvalue weighted by atomic mass is 9.86. The summed E-state index contributed by atoms with van der Waals surface area (Å²) in [6.07, 6.45) is 1.75. The largest absolute Gasteiger partial charge is 0.389 e. The lowest BCUT2D eigenvalue weighted by Gasteiger charge is -2.23. The molecule has 0 saturated heterocycles. The van der Waals surface area contributed by atoms with Crippen molar-refractivity contribution in [2.75, 3.05) is 12.3 Å². The summed E-state index contributed by atoms with van der Waals surface area (Å²) >= 11 is 0. The van der Waals surface area contributed by atoms with E-state index in [0.717, 1.165) is 5.56 Å². The van der Waals surface area contributed by atoms with E-state index >= 15 is 0 Å². The van der Waals surface area contributed by atoms with Gasteiger partial charge in [0.1, 0.15) is 5.82 Å². The quantitative estimate of drug-likeness (QED) is 0.360. The number of hydrogen-bond donors (Lipinski definition) is 4. The number of nitrogen functional groups attached to an aromatic ring is 1. The molecule has 152 valence electrons. The maximum atomic E-state index is 11.7. The average Bonchev–Trinajstić information content (AvgIpc) is 2.92. The summed E-state index contributed by atoms with van der Waals surface area (Å²) in [6.45, 7) is 13.9. The summed E-state index contributed by atoms with van der Waals surface area (Å²) in [7, 11) is 0. The standard InChI is InChI=1S/C21H31N5O2/c1-7-16(14-8-10-15(11-9-14)20(2,3)4)24-19(23-13-21(5,6)28)26-17(22)12-18(27)25-26/h7-12,16,28H,1,13,22H2,2-6H3,(H,23,24)(H,25,27). The Balaban J connectivity index is 2.36. The number of nitrogens with two attached hydrogens (primary N) is 1. The number of aliphatic hydroxyl groups is 1. The van der Waals surface area contributed by atoms with Gasteiger partial charge in [-0.2, -0.15) is 0 Å². The molecule has 0 amide bonds. The first-order valence-electron chi connectivity index (χ1n) is 9.25. The normalized spacial score (nSPS) is 14.0. The van der Waals surface area contributed by atoms with Crippen molar-refractivity contribution >= 4 is 11.8 Å². The molecule has 7 nitrogen and oxygen atoms in total. The first-order valence-corrected chi connectivity index (χ1v) is 9.25. The van der Waals surface area contributed by atoms with E-state index in [1.54, 1.807) is 19.9 Å². The molecule has 0 radical (unpaired) electrons. The fourth-order valence-electron chi connectivity index (χ4n) is 2.64. The summed E-state index contributed by atoms with van der Waals surface area (Å²) in [5.74, 6) is 0.546. The van der Waals surface area contributed by atoms with Crippen molar-refractivity contribution in [3.8, 4) is 0 Å². The van der Waals surface area contributed by atoms with Gasteiger partial charge in [0, 0.05) is 6.07 Å². The van der Waals surface area contributed by atoms with Gasteiger partial charge in [-0.3, -0.25) is 9.89 Å². The van der Waals surface area contributed by atoms with Gasteiger partial charge in [0.15, 0.2) is 0 Å². The molecular weight excluding hydrogens is 354 g/mol. The van der Waals surface area contributed by atoms with Crippen LogP contribution >= 0.6 is 0 Å². The Bertz CT molecular complexity index is 893. The van der Waals surface area contributed by atoms with Crippen LogP contribution in [0.3, 0.4) is 0 Å². The number of hydrogen-bond acceptors (Lipinski definition) is 4. The number of nitrogens with one attached hydrogen (secondary N) is 2. The van der Waals surface area contributed by atoms with Gasteiger partial charge in [-0.1, -0.05) is 51.1 Å². The van der Waals surface area contributed by atoms with E-state index in [4.69, 9.17) is 5.73 Å². The Morgan fingerprint density at radius 3 is 2.36 bits per heavy atom. The number of aliphatic imine (C=N–C) groups is 1. The van der Waals surface area contributed by atoms with E-state index in [1.807, 2.05) is 12.1 Å². The van der Waals surface area contributed by atoms with E-state index in [1.165, 1.54) is 16.3 Å². The second-order valence-electron chi connectivity index (χ2n) is 8.56. The van der Waals surface area contributed by atoms with Gasteiger partial charge in [-0.15, -0.1) is 6.58 Å². The summed E-state index contributed by atoms with van der Waals surface area (Å²) in [5, 5.41) is 15.9. The van der Waals surface area contributed by atoms with Crippen molar-refractivity contribution in [1.29, 1.82) is 0 Å². The van der Waals surface area contributed by atoms with Crippen LogP contribution in [0.4, 0.5) is 5.82 Å². The number of anilines is 1. The predicted molar refractivity (Wildman–Crippen MR) is 115 cm³/mol. The summed E-state index contributed by atoms with van der Waals surface area (Å²) < 4.78 is 1.37. The molecule has 1 aromatic carbocycles. The molecule has 1 unspecified atom stereocenters. The van der Waals surface area contributed by atoms with Crippen LogP contribution in [0, 0.1) is 0 Å². The molecule has 1 heterocycles. The van der Waals surface area contributed by atoms with E-state index in [9.17, 15) is 9.90 Å². The fraction of sp³-hybridized carbons (Fsp3) is 0.429. The zero-order valence-corrected chi connectivity index (χ0v) is 17.3. The highest BCUT2D eigenvalue weighted by atomic mass is 16.3. The number of H-pyrrole nitrogens is 1. The SMILES string of the molecule is C=CC(NC(=NCC(C)(C)O)n1[nH]c(=O)cc1N)c1ccc(C(C)(C)C)cc1. The molecular formula is C21H31N5O2. The third-order valence-electron chi connectivity index (χ3n) is 4.24. The Morgan fingerprint density at radius 2 is 1.93 bits per heavy atom. The summed E-state index contributed by atoms with van der Waals surface area (Å²) in [6, 6.07) is 9.27. The Hall–Kier alpha value is -2.80. The first-order chi connectivity index (χ1) is 12.9. The van der Waals surface area contributed by atoms with Crippen molar-refractivity contribution in [2.24, 2.45) is 4.99 Å². The Labute approximate surface area is 166 Å². The number of rotatable bonds is 5. The number of benzene rings is 1. The van der Waals surface area contributed by atoms with Crippen molar-refractivity contribution in [1.82, 2.24) is 15.1 Å². The fourth-order valence-corrected chi connectivity index (χ4v) is 2.64. The van der Waals surface area contributed by atoms with Crippen LogP contribution in [0.25, 0.3) is 0 Å². The second kappa shape index (κ2) is 8.06. The molecule has 28 heavy (non-hydrogen) atoms. The maximum absolute atomic E-state index is 11.7. The van der Waals surface area contributed by atoms with Gasteiger partial charge in [0.25, 0.3) is 5.56 Å². The average molecular weight is 386 g/mol. The highest BCUT2D eigenvalue weighted by Gasteiger charge is 2.18. The van der Waals surface area contributed by atoms with E-state index in [-0.39, 0.29) is 29.4 Å². The molecule has 5 N–H and O–H groups in total. The Kier molecular flexibility index (Phi) is 6.19. The van der Waals surface area contributed by atoms with Crippen molar-refractivity contribution in [2.45, 2.75) is 51.7 Å². The van der Waals surface area contributed by atoms with Crippen LogP contribution in [0.5, 0.6) is 0 Å². The monoisotopic (exact) mass is 385 g/mol. The molecule has 0 spiro atoms. The van der Waals surface area contributed by atoms with Crippen LogP contribution in [-0.4, -0.2) is 33.0 Å². The molecule has 0 fully saturated rings. The minimum atomic E-state index is -1.01. The lowest BCUT2D eigenvalue weighted by molar-refractivity contribution is 0.0902. The van der Waals surface area contributed by atoms with Crippen molar-refractivity contribution < 1.29 is 5.11 Å². The topological polar surface area (TPSA) is 108 Å². The van der Waals surface area contributed by atoms with Gasteiger partial charge in [-0.05, 0) is 30.4 Å². The van der Waals surface area contributed by atoms with E-state index < -0.39 is 5.60 Å². The summed E-state index contributed by atoms with van der Waals surface area (Å²) in [4.78, 5) is 16.1. The van der Waals surface area contributed by atoms with Crippen molar-refractivity contribution in [3.63, 3.8) is 0 Å². The van der Waals surface area contributed by atoms with Gasteiger partial charge >= 0.3 is 0 Å². The highest BCUT2D eigenvalue weighted by molar-refractivity contribution is 5.84. The molecule has 0 aliphatic carbocycles. The smallest absolute Gasteiger partial charge is 0.266 e. The van der Waals surface area contributed by atoms with Crippen LogP contribution < -0.4 is 16.6 Å². The molecule has 1 aromatic heterocycles. The van der Waals surface area contributed by atoms with Crippen LogP contribution in [0.15, 0.2) is 52.8 Å². The molecule has 0 aliphatic rings. The molecule has 0 bridgehead atoms. The highest BCUT2D eigenvalue weighted by Crippen LogP contribution is 2.24. The first kappa shape index (κ1) is 21.5. The van der Waals surface area contributed by atoms with Gasteiger partial charge in [0.2, 0.25) is 5.96 Å². The third kappa shape index (κ3) is 5.60. The molecule has 2 rings (SSSR count). The van der Waals surface area contributed by atoms with Gasteiger partial charge in [-0.25, -0.2) is 9.67 Å². The van der Waals surface area contributed by atoms with Crippen molar-refractivity contribution in [3.05, 3.63) is 64.5 Å². The molecule has 1 atom stereocenters. The molecule has 7 heteroatoms. The Morgan fingerprint density at radius 1 is 1.32 bits per heavy atom. The zero-order valence-electron chi connectivity index (χ0n) is 17.3. The summed E-state index contributed by atoms with van der Waals surface area (Å²) in [5.41, 5.74) is 6.87. The van der Waals surface area contributed by atoms with Gasteiger partial charge in [0.05, 0.1) is 18.2 Å². The van der Waals surface area contributed by atoms with Gasteiger partial charge < -0.3 is 16.2 Å². The van der Waals surface area contributed by atoms with E-state index in [2.05, 4.69) is 54.9 Å². The molecule has 0 saturated carbocycles. The predicted octanol–water partition coefficient (Wildman–Crippen LogP) is 2.55.